The van der Waals surface area contributed by atoms with E-state index in [4.69, 9.17) is 26.8 Å². The van der Waals surface area contributed by atoms with E-state index in [1.54, 1.807) is 0 Å². The van der Waals surface area contributed by atoms with E-state index in [9.17, 15) is 0 Å². The number of rotatable bonds is 5. The lowest BCUT2D eigenvalue weighted by molar-refractivity contribution is 0.532. The standard InChI is InChI=1S/C19H20BrN3O2S/c1-10-8-13-17(15-7-5-12(3)24-15)16(25-18(13)14(20)9-10)6-4-11(2)22-23-19(21)26/h5,7-9H,4,6H2,1-3H3,(H3,21,23,26)/b22-11+. The number of nitrogens with zero attached hydrogens (tertiary/aromatic N) is 1. The van der Waals surface area contributed by atoms with Crippen LogP contribution in [-0.2, 0) is 6.42 Å². The van der Waals surface area contributed by atoms with Gasteiger partial charge in [-0.1, -0.05) is 0 Å². The number of hydrazone groups is 1. The van der Waals surface area contributed by atoms with Crippen LogP contribution in [0.15, 0.2) is 42.7 Å². The van der Waals surface area contributed by atoms with Crippen molar-refractivity contribution in [1.82, 2.24) is 5.43 Å². The highest BCUT2D eigenvalue weighted by Crippen LogP contribution is 2.40. The number of fused-ring (bicyclic) bond motifs is 1. The molecule has 3 rings (SSSR count). The van der Waals surface area contributed by atoms with Crippen molar-refractivity contribution in [3.8, 4) is 11.3 Å². The zero-order valence-corrected chi connectivity index (χ0v) is 17.3. The van der Waals surface area contributed by atoms with Gasteiger partial charge in [0.05, 0.1) is 10.0 Å². The first-order chi connectivity index (χ1) is 12.3. The molecule has 7 heteroatoms. The molecule has 26 heavy (non-hydrogen) atoms. The number of aryl methyl sites for hydroxylation is 3. The fourth-order valence-corrected chi connectivity index (χ4v) is 3.56. The number of nitrogens with one attached hydrogen (secondary N) is 1. The molecule has 3 N–H and O–H groups in total. The van der Waals surface area contributed by atoms with E-state index in [1.165, 1.54) is 0 Å². The summed E-state index contributed by atoms with van der Waals surface area (Å²) in [5, 5.41) is 5.35. The van der Waals surface area contributed by atoms with Gasteiger partial charge in [-0.15, -0.1) is 0 Å². The Kier molecular flexibility index (Phi) is 5.48. The van der Waals surface area contributed by atoms with Gasteiger partial charge in [0.2, 0.25) is 0 Å². The van der Waals surface area contributed by atoms with Crippen LogP contribution < -0.4 is 11.2 Å². The summed E-state index contributed by atoms with van der Waals surface area (Å²) >= 11 is 8.38. The fourth-order valence-electron chi connectivity index (χ4n) is 2.86. The minimum atomic E-state index is 0.152. The minimum Gasteiger partial charge on any atom is -0.461 e. The lowest BCUT2D eigenvalue weighted by Crippen LogP contribution is -2.25. The van der Waals surface area contributed by atoms with Crippen molar-refractivity contribution in [3.05, 3.63) is 45.8 Å². The third-order valence-corrected chi connectivity index (χ3v) is 4.70. The third-order valence-electron chi connectivity index (χ3n) is 4.02. The molecular formula is C19H20BrN3O2S. The SMILES string of the molecule is C/C(CCc1oc2c(Br)cc(C)cc2c1-c1ccc(C)o1)=N\NC(N)=S. The van der Waals surface area contributed by atoms with Gasteiger partial charge in [-0.25, -0.2) is 0 Å². The average molecular weight is 434 g/mol. The Bertz CT molecular complexity index is 1000. The van der Waals surface area contributed by atoms with Gasteiger partial charge in [0, 0.05) is 17.5 Å². The molecule has 0 aliphatic rings. The summed E-state index contributed by atoms with van der Waals surface area (Å²) in [5.41, 5.74) is 11.9. The van der Waals surface area contributed by atoms with Crippen LogP contribution in [0.4, 0.5) is 0 Å². The van der Waals surface area contributed by atoms with Gasteiger partial charge in [-0.05, 0) is 85.2 Å². The van der Waals surface area contributed by atoms with Gasteiger partial charge in [-0.3, -0.25) is 5.43 Å². The highest BCUT2D eigenvalue weighted by Gasteiger charge is 2.20. The highest BCUT2D eigenvalue weighted by molar-refractivity contribution is 9.10. The molecule has 2 aromatic heterocycles. The van der Waals surface area contributed by atoms with Crippen molar-refractivity contribution >= 4 is 49.9 Å². The van der Waals surface area contributed by atoms with Crippen molar-refractivity contribution < 1.29 is 8.83 Å². The van der Waals surface area contributed by atoms with E-state index >= 15 is 0 Å². The normalized spacial score (nSPS) is 11.9. The molecule has 5 nitrogen and oxygen atoms in total. The van der Waals surface area contributed by atoms with E-state index in [2.05, 4.69) is 39.4 Å². The number of halogens is 1. The molecule has 0 atom stereocenters. The van der Waals surface area contributed by atoms with E-state index in [0.29, 0.717) is 12.8 Å². The maximum absolute atomic E-state index is 6.19. The fraction of sp³-hybridized carbons (Fsp3) is 0.263. The molecule has 0 saturated carbocycles. The molecule has 3 aromatic rings. The van der Waals surface area contributed by atoms with Gasteiger partial charge in [0.1, 0.15) is 22.9 Å². The maximum Gasteiger partial charge on any atom is 0.184 e. The Morgan fingerprint density at radius 2 is 2.04 bits per heavy atom. The number of hydrogen-bond acceptors (Lipinski definition) is 4. The van der Waals surface area contributed by atoms with E-state index in [1.807, 2.05) is 32.0 Å². The summed E-state index contributed by atoms with van der Waals surface area (Å²) < 4.78 is 13.0. The quantitative estimate of drug-likeness (QED) is 0.327. The van der Waals surface area contributed by atoms with E-state index in [0.717, 1.165) is 49.6 Å². The number of hydrogen-bond donors (Lipinski definition) is 2. The monoisotopic (exact) mass is 433 g/mol. The number of thiocarbonyl (C=S) groups is 1. The molecule has 136 valence electrons. The third kappa shape index (κ3) is 3.99. The Morgan fingerprint density at radius 3 is 2.69 bits per heavy atom. The molecule has 0 fully saturated rings. The zero-order chi connectivity index (χ0) is 18.8. The molecule has 2 heterocycles. The lowest BCUT2D eigenvalue weighted by atomic mass is 10.0. The zero-order valence-electron chi connectivity index (χ0n) is 14.9. The molecule has 0 spiro atoms. The number of nitrogens with two attached hydrogens (primary N) is 1. The second-order valence-electron chi connectivity index (χ2n) is 6.26. The topological polar surface area (TPSA) is 76.7 Å². The van der Waals surface area contributed by atoms with Crippen LogP contribution in [-0.4, -0.2) is 10.8 Å². The molecule has 0 unspecified atom stereocenters. The van der Waals surface area contributed by atoms with Crippen LogP contribution in [0, 0.1) is 13.8 Å². The highest BCUT2D eigenvalue weighted by atomic mass is 79.9. The van der Waals surface area contributed by atoms with Crippen LogP contribution in [0.2, 0.25) is 0 Å². The Balaban J connectivity index is 2.02. The maximum atomic E-state index is 6.19. The van der Waals surface area contributed by atoms with Crippen molar-refractivity contribution in [3.63, 3.8) is 0 Å². The molecule has 0 amide bonds. The van der Waals surface area contributed by atoms with Crippen LogP contribution in [0.1, 0.15) is 30.4 Å². The van der Waals surface area contributed by atoms with Crippen LogP contribution in [0.3, 0.4) is 0 Å². The summed E-state index contributed by atoms with van der Waals surface area (Å²) in [6, 6.07) is 8.11. The largest absolute Gasteiger partial charge is 0.461 e. The second kappa shape index (κ2) is 7.63. The van der Waals surface area contributed by atoms with Crippen molar-refractivity contribution in [2.24, 2.45) is 10.8 Å². The van der Waals surface area contributed by atoms with E-state index in [-0.39, 0.29) is 5.11 Å². The molecule has 0 saturated heterocycles. The Morgan fingerprint density at radius 1 is 1.27 bits per heavy atom. The average Bonchev–Trinajstić information content (AvgIpc) is 3.14. The summed E-state index contributed by atoms with van der Waals surface area (Å²) in [6.45, 7) is 5.92. The van der Waals surface area contributed by atoms with Crippen molar-refractivity contribution in [1.29, 1.82) is 0 Å². The Hall–Kier alpha value is -2.12. The molecule has 0 bridgehead atoms. The van der Waals surface area contributed by atoms with Gasteiger partial charge >= 0.3 is 0 Å². The van der Waals surface area contributed by atoms with Crippen LogP contribution in [0.5, 0.6) is 0 Å². The molecular weight excluding hydrogens is 414 g/mol. The summed E-state index contributed by atoms with van der Waals surface area (Å²) in [4.78, 5) is 0. The Labute approximate surface area is 165 Å². The lowest BCUT2D eigenvalue weighted by Gasteiger charge is -2.03. The van der Waals surface area contributed by atoms with Crippen LogP contribution in [0.25, 0.3) is 22.3 Å². The minimum absolute atomic E-state index is 0.152. The van der Waals surface area contributed by atoms with E-state index < -0.39 is 0 Å². The van der Waals surface area contributed by atoms with Gasteiger partial charge < -0.3 is 14.6 Å². The van der Waals surface area contributed by atoms with Crippen molar-refractivity contribution in [2.45, 2.75) is 33.6 Å². The summed E-state index contributed by atoms with van der Waals surface area (Å²) in [5.74, 6) is 2.54. The van der Waals surface area contributed by atoms with Crippen molar-refractivity contribution in [2.75, 3.05) is 0 Å². The smallest absolute Gasteiger partial charge is 0.184 e. The molecule has 1 aromatic carbocycles. The second-order valence-corrected chi connectivity index (χ2v) is 7.55. The van der Waals surface area contributed by atoms with Gasteiger partial charge in [0.25, 0.3) is 0 Å². The van der Waals surface area contributed by atoms with Gasteiger partial charge in [0.15, 0.2) is 5.11 Å². The van der Waals surface area contributed by atoms with Crippen LogP contribution >= 0.6 is 28.1 Å². The van der Waals surface area contributed by atoms with Gasteiger partial charge in [-0.2, -0.15) is 5.10 Å². The summed E-state index contributed by atoms with van der Waals surface area (Å²) in [7, 11) is 0. The first-order valence-corrected chi connectivity index (χ1v) is 9.42. The number of furan rings is 2. The predicted molar refractivity (Wildman–Crippen MR) is 112 cm³/mol. The number of benzene rings is 1. The predicted octanol–water partition coefficient (Wildman–Crippen LogP) is 5.21. The molecule has 0 aliphatic heterocycles. The summed E-state index contributed by atoms with van der Waals surface area (Å²) in [6.07, 6.45) is 1.39. The molecule has 0 radical (unpaired) electrons. The first-order valence-electron chi connectivity index (χ1n) is 8.22. The first kappa shape index (κ1) is 18.7. The molecule has 0 aliphatic carbocycles.